The van der Waals surface area contributed by atoms with Gasteiger partial charge in [0, 0.05) is 43.2 Å². The highest BCUT2D eigenvalue weighted by Crippen LogP contribution is 2.29. The highest BCUT2D eigenvalue weighted by molar-refractivity contribution is 5.85. The summed E-state index contributed by atoms with van der Waals surface area (Å²) in [7, 11) is 0. The van der Waals surface area contributed by atoms with Crippen LogP contribution in [0.25, 0.3) is 10.9 Å². The topological polar surface area (TPSA) is 56.4 Å². The first-order valence-electron chi connectivity index (χ1n) is 13.5. The van der Waals surface area contributed by atoms with Crippen LogP contribution in [0.5, 0.6) is 0 Å². The van der Waals surface area contributed by atoms with Crippen LogP contribution in [-0.4, -0.2) is 46.2 Å². The number of para-hydroxylation sites is 1. The van der Waals surface area contributed by atoms with Crippen LogP contribution in [-0.2, 0) is 28.7 Å². The lowest BCUT2D eigenvalue weighted by Gasteiger charge is -2.28. The van der Waals surface area contributed by atoms with Crippen molar-refractivity contribution in [3.05, 3.63) is 71.4 Å². The Bertz CT molecular complexity index is 1170. The molecule has 0 spiro atoms. The second-order valence-corrected chi connectivity index (χ2v) is 9.75. The number of aromatic amines is 1. The number of aromatic nitrogens is 1. The van der Waals surface area contributed by atoms with E-state index in [0.717, 1.165) is 60.7 Å². The molecule has 0 aliphatic heterocycles. The molecular weight excluding hydrogens is 491 g/mol. The van der Waals surface area contributed by atoms with Gasteiger partial charge in [0.15, 0.2) is 0 Å². The molecule has 5 nitrogen and oxygen atoms in total. The molecule has 0 fully saturated rings. The number of carbonyl (C=O) groups excluding carboxylic acids is 2. The average molecular weight is 530 g/mol. The maximum absolute atomic E-state index is 13.5. The first-order valence-corrected chi connectivity index (χ1v) is 13.5. The molecule has 3 rings (SSSR count). The number of hydrogen-bond donors (Lipinski definition) is 1. The van der Waals surface area contributed by atoms with Gasteiger partial charge < -0.3 is 14.8 Å². The van der Waals surface area contributed by atoms with Crippen molar-refractivity contribution >= 4 is 22.7 Å². The van der Waals surface area contributed by atoms with E-state index in [4.69, 9.17) is 0 Å². The molecule has 1 aromatic heterocycles. The van der Waals surface area contributed by atoms with Crippen LogP contribution in [0, 0.1) is 0 Å². The molecule has 0 atom stereocenters. The first-order chi connectivity index (χ1) is 18.2. The van der Waals surface area contributed by atoms with Gasteiger partial charge in [-0.25, -0.2) is 0 Å². The molecule has 1 N–H and O–H groups in total. The number of H-pyrrole nitrogens is 1. The second kappa shape index (κ2) is 14.0. The molecule has 2 aromatic carbocycles. The number of hydrogen-bond acceptors (Lipinski definition) is 2. The lowest BCUT2D eigenvalue weighted by molar-refractivity contribution is -0.141. The third kappa shape index (κ3) is 8.36. The number of benzene rings is 2. The standard InChI is InChI=1S/C30H38F3N3O2/c1-3-5-6-7-12-28(37)35(18-4-2)22-29(38)36(21-23-13-15-25(16-14-23)30(31,32)33)19-17-24-20-34-27-11-9-8-10-26(24)27/h8-11,13-16,20,34H,3-7,12,17-19,21-22H2,1-2H3. The Morgan fingerprint density at radius 2 is 1.58 bits per heavy atom. The minimum atomic E-state index is -4.42. The van der Waals surface area contributed by atoms with Crippen LogP contribution in [0.1, 0.15) is 69.1 Å². The molecule has 0 saturated carbocycles. The van der Waals surface area contributed by atoms with Crippen molar-refractivity contribution in [2.24, 2.45) is 0 Å². The normalized spacial score (nSPS) is 11.6. The Morgan fingerprint density at radius 3 is 2.26 bits per heavy atom. The van der Waals surface area contributed by atoms with Crippen molar-refractivity contribution < 1.29 is 22.8 Å². The van der Waals surface area contributed by atoms with Crippen molar-refractivity contribution in [3.63, 3.8) is 0 Å². The van der Waals surface area contributed by atoms with Gasteiger partial charge >= 0.3 is 6.18 Å². The van der Waals surface area contributed by atoms with Crippen LogP contribution in [0.3, 0.4) is 0 Å². The van der Waals surface area contributed by atoms with Crippen molar-refractivity contribution in [3.8, 4) is 0 Å². The molecule has 206 valence electrons. The molecule has 38 heavy (non-hydrogen) atoms. The predicted octanol–water partition coefficient (Wildman–Crippen LogP) is 6.97. The van der Waals surface area contributed by atoms with Crippen LogP contribution < -0.4 is 0 Å². The van der Waals surface area contributed by atoms with Crippen LogP contribution in [0.2, 0.25) is 0 Å². The zero-order chi connectivity index (χ0) is 27.5. The fourth-order valence-corrected chi connectivity index (χ4v) is 4.59. The summed E-state index contributed by atoms with van der Waals surface area (Å²) in [6, 6.07) is 12.8. The number of nitrogens with zero attached hydrogens (tertiary/aromatic N) is 2. The molecular formula is C30H38F3N3O2. The van der Waals surface area contributed by atoms with Crippen LogP contribution in [0.4, 0.5) is 13.2 Å². The van der Waals surface area contributed by atoms with E-state index < -0.39 is 11.7 Å². The maximum Gasteiger partial charge on any atom is 0.416 e. The largest absolute Gasteiger partial charge is 0.416 e. The predicted molar refractivity (Wildman–Crippen MR) is 144 cm³/mol. The summed E-state index contributed by atoms with van der Waals surface area (Å²) in [6.45, 7) is 5.10. The van der Waals surface area contributed by atoms with E-state index in [9.17, 15) is 22.8 Å². The second-order valence-electron chi connectivity index (χ2n) is 9.75. The van der Waals surface area contributed by atoms with E-state index in [2.05, 4.69) is 11.9 Å². The third-order valence-corrected chi connectivity index (χ3v) is 6.75. The average Bonchev–Trinajstić information content (AvgIpc) is 3.31. The summed E-state index contributed by atoms with van der Waals surface area (Å²) in [6.07, 6.45) is 3.20. The van der Waals surface area contributed by atoms with Crippen molar-refractivity contribution in [1.29, 1.82) is 0 Å². The fourth-order valence-electron chi connectivity index (χ4n) is 4.59. The molecule has 2 amide bonds. The van der Waals surface area contributed by atoms with Crippen molar-refractivity contribution in [2.75, 3.05) is 19.6 Å². The number of rotatable bonds is 14. The van der Waals surface area contributed by atoms with E-state index in [1.165, 1.54) is 12.1 Å². The van der Waals surface area contributed by atoms with Gasteiger partial charge in [0.05, 0.1) is 12.1 Å². The Labute approximate surface area is 223 Å². The quantitative estimate of drug-likeness (QED) is 0.229. The van der Waals surface area contributed by atoms with E-state index >= 15 is 0 Å². The fraction of sp³-hybridized carbons (Fsp3) is 0.467. The minimum Gasteiger partial charge on any atom is -0.361 e. The van der Waals surface area contributed by atoms with Crippen LogP contribution >= 0.6 is 0 Å². The minimum absolute atomic E-state index is 0.0255. The third-order valence-electron chi connectivity index (χ3n) is 6.75. The molecule has 8 heteroatoms. The molecule has 0 aliphatic carbocycles. The SMILES string of the molecule is CCCCCCC(=O)N(CCC)CC(=O)N(CCc1c[nH]c2ccccc12)Cc1ccc(C(F)(F)F)cc1. The number of alkyl halides is 3. The zero-order valence-electron chi connectivity index (χ0n) is 22.3. The Morgan fingerprint density at radius 1 is 0.842 bits per heavy atom. The number of amides is 2. The molecule has 0 saturated heterocycles. The van der Waals surface area contributed by atoms with Crippen LogP contribution in [0.15, 0.2) is 54.7 Å². The van der Waals surface area contributed by atoms with E-state index in [0.29, 0.717) is 31.5 Å². The summed E-state index contributed by atoms with van der Waals surface area (Å²) < 4.78 is 39.1. The molecule has 3 aromatic rings. The smallest absolute Gasteiger partial charge is 0.361 e. The van der Waals surface area contributed by atoms with Crippen molar-refractivity contribution in [1.82, 2.24) is 14.8 Å². The summed E-state index contributed by atoms with van der Waals surface area (Å²) in [5, 5.41) is 1.07. The molecule has 0 unspecified atom stereocenters. The number of halogens is 3. The Balaban J connectivity index is 1.75. The van der Waals surface area contributed by atoms with E-state index in [1.54, 1.807) is 9.80 Å². The zero-order valence-corrected chi connectivity index (χ0v) is 22.3. The summed E-state index contributed by atoms with van der Waals surface area (Å²) in [5.74, 6) is -0.234. The first kappa shape index (κ1) is 29.3. The van der Waals surface area contributed by atoms with Gasteiger partial charge in [0.25, 0.3) is 0 Å². The van der Waals surface area contributed by atoms with E-state index in [-0.39, 0.29) is 24.9 Å². The number of nitrogens with one attached hydrogen (secondary N) is 1. The number of fused-ring (bicyclic) bond motifs is 1. The Hall–Kier alpha value is -3.29. The van der Waals surface area contributed by atoms with Crippen molar-refractivity contribution in [2.45, 2.75) is 71.5 Å². The van der Waals surface area contributed by atoms with Gasteiger partial charge in [-0.05, 0) is 48.6 Å². The summed E-state index contributed by atoms with van der Waals surface area (Å²) in [5.41, 5.74) is 1.95. The summed E-state index contributed by atoms with van der Waals surface area (Å²) in [4.78, 5) is 32.9. The molecule has 0 radical (unpaired) electrons. The highest BCUT2D eigenvalue weighted by atomic mass is 19.4. The van der Waals surface area contributed by atoms with Gasteiger partial charge in [-0.1, -0.05) is 63.4 Å². The van der Waals surface area contributed by atoms with Gasteiger partial charge in [-0.15, -0.1) is 0 Å². The van der Waals surface area contributed by atoms with Gasteiger partial charge in [0.1, 0.15) is 0 Å². The number of unbranched alkanes of at least 4 members (excludes halogenated alkanes) is 3. The molecule has 0 aliphatic rings. The van der Waals surface area contributed by atoms with Gasteiger partial charge in [0.2, 0.25) is 11.8 Å². The lowest BCUT2D eigenvalue weighted by Crippen LogP contribution is -2.43. The lowest BCUT2D eigenvalue weighted by atomic mass is 10.1. The Kier molecular flexibility index (Phi) is 10.8. The summed E-state index contributed by atoms with van der Waals surface area (Å²) >= 11 is 0. The highest BCUT2D eigenvalue weighted by Gasteiger charge is 2.30. The van der Waals surface area contributed by atoms with Gasteiger partial charge in [-0.3, -0.25) is 9.59 Å². The monoisotopic (exact) mass is 529 g/mol. The molecule has 1 heterocycles. The number of carbonyl (C=O) groups is 2. The maximum atomic E-state index is 13.5. The molecule has 0 bridgehead atoms. The van der Waals surface area contributed by atoms with E-state index in [1.807, 2.05) is 37.4 Å². The van der Waals surface area contributed by atoms with Gasteiger partial charge in [-0.2, -0.15) is 13.2 Å².